The summed E-state index contributed by atoms with van der Waals surface area (Å²) in [6.07, 6.45) is 0. The first-order valence-corrected chi connectivity index (χ1v) is 6.85. The topological polar surface area (TPSA) is 44.8 Å². The van der Waals surface area contributed by atoms with Gasteiger partial charge in [-0.05, 0) is 26.2 Å². The van der Waals surface area contributed by atoms with Crippen LogP contribution in [0.15, 0.2) is 30.3 Å². The van der Waals surface area contributed by atoms with Gasteiger partial charge < -0.3 is 19.9 Å². The number of methoxy groups -OCH3 is 1. The number of rotatable bonds is 9. The Morgan fingerprint density at radius 3 is 2.32 bits per heavy atom. The number of amides is 1. The lowest BCUT2D eigenvalue weighted by Gasteiger charge is -2.24. The van der Waals surface area contributed by atoms with E-state index in [1.807, 2.05) is 49.3 Å². The Hall–Kier alpha value is -0.850. The Morgan fingerprint density at radius 2 is 1.77 bits per heavy atom. The average Bonchev–Trinajstić information content (AvgIpc) is 2.44. The van der Waals surface area contributed by atoms with Gasteiger partial charge in [-0.1, -0.05) is 18.2 Å². The molecule has 0 unspecified atom stereocenters. The average molecular weight is 352 g/mol. The predicted octanol–water partition coefficient (Wildman–Crippen LogP) is 1.66. The number of carbonyl (C=O) groups excluding carboxylic acids is 1. The number of para-hydroxylation sites is 1. The minimum absolute atomic E-state index is 0. The van der Waals surface area contributed by atoms with Crippen LogP contribution >= 0.6 is 24.8 Å². The van der Waals surface area contributed by atoms with Crippen molar-refractivity contribution in [3.8, 4) is 0 Å². The molecule has 0 fully saturated rings. The summed E-state index contributed by atoms with van der Waals surface area (Å²) in [7, 11) is 5.66. The number of ether oxygens (including phenoxy) is 1. The third-order valence-electron chi connectivity index (χ3n) is 2.90. The van der Waals surface area contributed by atoms with Gasteiger partial charge in [-0.2, -0.15) is 0 Å². The van der Waals surface area contributed by atoms with E-state index in [1.165, 1.54) is 0 Å². The van der Waals surface area contributed by atoms with E-state index in [2.05, 4.69) is 10.2 Å². The fourth-order valence-electron chi connectivity index (χ4n) is 1.77. The Bertz CT molecular complexity index is 392. The van der Waals surface area contributed by atoms with Crippen LogP contribution in [0.2, 0.25) is 0 Å². The number of halogens is 2. The lowest BCUT2D eigenvalue weighted by atomic mass is 10.2. The number of nitrogens with zero attached hydrogens (tertiary/aromatic N) is 2. The highest BCUT2D eigenvalue weighted by Gasteiger charge is 2.14. The van der Waals surface area contributed by atoms with Crippen molar-refractivity contribution in [2.24, 2.45) is 0 Å². The number of carbonyl (C=O) groups is 1. The minimum Gasteiger partial charge on any atom is -0.383 e. The highest BCUT2D eigenvalue weighted by Crippen LogP contribution is 2.13. The number of benzene rings is 1. The van der Waals surface area contributed by atoms with Crippen molar-refractivity contribution >= 4 is 36.4 Å². The van der Waals surface area contributed by atoms with E-state index in [0.29, 0.717) is 26.2 Å². The molecule has 0 heterocycles. The van der Waals surface area contributed by atoms with E-state index < -0.39 is 0 Å². The van der Waals surface area contributed by atoms with E-state index in [4.69, 9.17) is 4.74 Å². The van der Waals surface area contributed by atoms with Crippen molar-refractivity contribution in [1.29, 1.82) is 0 Å². The number of nitrogens with one attached hydrogen (secondary N) is 1. The molecule has 128 valence electrons. The summed E-state index contributed by atoms with van der Waals surface area (Å²) in [5, 5.41) is 3.09. The van der Waals surface area contributed by atoms with Gasteiger partial charge in [0.25, 0.3) is 0 Å². The van der Waals surface area contributed by atoms with E-state index in [9.17, 15) is 4.79 Å². The molecule has 5 nitrogen and oxygen atoms in total. The van der Waals surface area contributed by atoms with Crippen molar-refractivity contribution in [3.05, 3.63) is 30.3 Å². The molecule has 0 aliphatic rings. The summed E-state index contributed by atoms with van der Waals surface area (Å²) >= 11 is 0. The Labute approximate surface area is 145 Å². The van der Waals surface area contributed by atoms with Crippen molar-refractivity contribution in [3.63, 3.8) is 0 Å². The molecule has 0 aromatic heterocycles. The van der Waals surface area contributed by atoms with Crippen LogP contribution in [0.25, 0.3) is 0 Å². The van der Waals surface area contributed by atoms with Gasteiger partial charge in [-0.3, -0.25) is 4.79 Å². The fraction of sp³-hybridized carbons (Fsp3) is 0.533. The smallest absolute Gasteiger partial charge is 0.240 e. The molecule has 0 aliphatic heterocycles. The van der Waals surface area contributed by atoms with Crippen molar-refractivity contribution < 1.29 is 9.53 Å². The van der Waals surface area contributed by atoms with Crippen LogP contribution in [-0.4, -0.2) is 64.8 Å². The molecule has 0 aliphatic carbocycles. The number of likely N-dealkylation sites (N-methyl/N-ethyl adjacent to an activating group) is 1. The molecule has 1 aromatic carbocycles. The molecule has 1 rings (SSSR count). The molecule has 1 N–H and O–H groups in total. The molecule has 0 saturated heterocycles. The third-order valence-corrected chi connectivity index (χ3v) is 2.90. The first-order chi connectivity index (χ1) is 9.65. The monoisotopic (exact) mass is 351 g/mol. The van der Waals surface area contributed by atoms with E-state index in [0.717, 1.165) is 12.2 Å². The number of anilines is 1. The maximum Gasteiger partial charge on any atom is 0.240 e. The zero-order valence-corrected chi connectivity index (χ0v) is 15.1. The van der Waals surface area contributed by atoms with Crippen molar-refractivity contribution in [1.82, 2.24) is 10.2 Å². The minimum atomic E-state index is 0. The lowest BCUT2D eigenvalue weighted by Crippen LogP contribution is -2.42. The van der Waals surface area contributed by atoms with Gasteiger partial charge in [0, 0.05) is 32.4 Å². The second-order valence-corrected chi connectivity index (χ2v) is 4.85. The fourth-order valence-corrected chi connectivity index (χ4v) is 1.77. The molecule has 1 amide bonds. The molecule has 0 atom stereocenters. The second kappa shape index (κ2) is 13.8. The number of hydrogen-bond donors (Lipinski definition) is 1. The van der Waals surface area contributed by atoms with Gasteiger partial charge in [-0.25, -0.2) is 0 Å². The lowest BCUT2D eigenvalue weighted by molar-refractivity contribution is -0.117. The van der Waals surface area contributed by atoms with Crippen LogP contribution < -0.4 is 10.2 Å². The summed E-state index contributed by atoms with van der Waals surface area (Å²) in [6, 6.07) is 9.77. The van der Waals surface area contributed by atoms with Crippen LogP contribution in [0.3, 0.4) is 0 Å². The SMILES string of the molecule is COCCNCC(=O)N(CCN(C)C)c1ccccc1.Cl.Cl. The molecule has 0 radical (unpaired) electrons. The molecule has 1 aromatic rings. The zero-order valence-electron chi connectivity index (χ0n) is 13.4. The first kappa shape index (κ1) is 23.4. The summed E-state index contributed by atoms with van der Waals surface area (Å²) < 4.78 is 4.95. The molecule has 22 heavy (non-hydrogen) atoms. The standard InChI is InChI=1S/C15H25N3O2.2ClH/c1-17(2)10-11-18(14-7-5-4-6-8-14)15(19)13-16-9-12-20-3;;/h4-8,16H,9-13H2,1-3H3;2*1H. The Balaban J connectivity index is 0. The summed E-state index contributed by atoms with van der Waals surface area (Å²) in [5.41, 5.74) is 0.938. The molecule has 7 heteroatoms. The Kier molecular flexibility index (Phi) is 14.7. The quantitative estimate of drug-likeness (QED) is 0.687. The Morgan fingerprint density at radius 1 is 1.14 bits per heavy atom. The van der Waals surface area contributed by atoms with Crippen molar-refractivity contribution in [2.45, 2.75) is 0 Å². The van der Waals surface area contributed by atoms with Crippen LogP contribution in [0.5, 0.6) is 0 Å². The summed E-state index contributed by atoms with van der Waals surface area (Å²) in [4.78, 5) is 16.2. The molecular formula is C15H27Cl2N3O2. The molecule has 0 saturated carbocycles. The van der Waals surface area contributed by atoms with Crippen LogP contribution in [-0.2, 0) is 9.53 Å². The maximum absolute atomic E-state index is 12.3. The van der Waals surface area contributed by atoms with Crippen LogP contribution in [0.1, 0.15) is 0 Å². The van der Waals surface area contributed by atoms with Gasteiger partial charge in [0.1, 0.15) is 0 Å². The summed E-state index contributed by atoms with van der Waals surface area (Å²) in [5.74, 6) is 0.0779. The van der Waals surface area contributed by atoms with Gasteiger partial charge in [0.05, 0.1) is 13.2 Å². The van der Waals surface area contributed by atoms with Crippen LogP contribution in [0, 0.1) is 0 Å². The van der Waals surface area contributed by atoms with Crippen LogP contribution in [0.4, 0.5) is 5.69 Å². The van der Waals surface area contributed by atoms with Gasteiger partial charge in [0.2, 0.25) is 5.91 Å². The maximum atomic E-state index is 12.3. The highest BCUT2D eigenvalue weighted by atomic mass is 35.5. The molecule has 0 spiro atoms. The van der Waals surface area contributed by atoms with Crippen molar-refractivity contribution in [2.75, 3.05) is 58.9 Å². The van der Waals surface area contributed by atoms with Gasteiger partial charge in [-0.15, -0.1) is 24.8 Å². The van der Waals surface area contributed by atoms with Gasteiger partial charge in [0.15, 0.2) is 0 Å². The second-order valence-electron chi connectivity index (χ2n) is 4.85. The van der Waals surface area contributed by atoms with E-state index in [1.54, 1.807) is 7.11 Å². The third kappa shape index (κ3) is 9.23. The van der Waals surface area contributed by atoms with Gasteiger partial charge >= 0.3 is 0 Å². The highest BCUT2D eigenvalue weighted by molar-refractivity contribution is 5.94. The number of hydrogen-bond acceptors (Lipinski definition) is 4. The first-order valence-electron chi connectivity index (χ1n) is 6.85. The molecular weight excluding hydrogens is 325 g/mol. The summed E-state index contributed by atoms with van der Waals surface area (Å²) in [6.45, 7) is 3.13. The predicted molar refractivity (Wildman–Crippen MR) is 96.6 cm³/mol. The van der Waals surface area contributed by atoms with E-state index in [-0.39, 0.29) is 30.7 Å². The molecule has 0 bridgehead atoms. The largest absolute Gasteiger partial charge is 0.383 e. The van der Waals surface area contributed by atoms with E-state index >= 15 is 0 Å². The normalized spacial score (nSPS) is 9.82. The zero-order chi connectivity index (χ0) is 14.8.